The molecule has 3 aliphatic rings. The monoisotopic (exact) mass is 607 g/mol. The molecule has 2 heterocycles. The average Bonchev–Trinajstić information content (AvgIpc) is 3.34. The lowest BCUT2D eigenvalue weighted by Gasteiger charge is -2.28. The fourth-order valence-electron chi connectivity index (χ4n) is 4.88. The van der Waals surface area contributed by atoms with Crippen molar-refractivity contribution in [1.29, 1.82) is 0 Å². The standard InChI is InChI=1S/C22H18F9N3O5S/c1-10-8-19(33-32-10,22(29,30)31)11-2-3-15(13(6-11)20(23,24)25)40(38,39)12-7-14(16(35)36)34(9-12)17(37)18(4-5-18)21(26,27)28/h2-3,6,8,12,14H,4-5,7,9H2,1H3,(H,35,36)/t12-,14+,19?/m1/s1. The van der Waals surface area contributed by atoms with E-state index in [9.17, 15) is 62.6 Å². The lowest BCUT2D eigenvalue weighted by Crippen LogP contribution is -2.48. The molecule has 2 aliphatic heterocycles. The number of carboxylic acid groups (broad SMARTS) is 1. The summed E-state index contributed by atoms with van der Waals surface area (Å²) in [6.07, 6.45) is -17.9. The third-order valence-electron chi connectivity index (χ3n) is 7.20. The molecule has 1 aromatic rings. The van der Waals surface area contributed by atoms with Crippen LogP contribution in [0.3, 0.4) is 0 Å². The molecule has 1 unspecified atom stereocenters. The number of aliphatic carboxylic acids is 1. The first kappa shape index (κ1) is 29.8. The van der Waals surface area contributed by atoms with Crippen LogP contribution in [0, 0.1) is 5.41 Å². The second-order valence-corrected chi connectivity index (χ2v) is 11.9. The van der Waals surface area contributed by atoms with E-state index in [0.717, 1.165) is 6.92 Å². The fraction of sp³-hybridized carbons (Fsp3) is 0.545. The average molecular weight is 607 g/mol. The Bertz CT molecular complexity index is 1430. The van der Waals surface area contributed by atoms with E-state index in [1.54, 1.807) is 0 Å². The second kappa shape index (κ2) is 8.91. The first-order chi connectivity index (χ1) is 18.1. The van der Waals surface area contributed by atoms with Crippen molar-refractivity contribution < 1.29 is 62.6 Å². The van der Waals surface area contributed by atoms with Crippen LogP contribution in [0.5, 0.6) is 0 Å². The molecule has 3 atom stereocenters. The van der Waals surface area contributed by atoms with E-state index in [1.807, 2.05) is 0 Å². The van der Waals surface area contributed by atoms with Crippen molar-refractivity contribution in [3.8, 4) is 0 Å². The van der Waals surface area contributed by atoms with Crippen LogP contribution in [-0.4, -0.2) is 60.5 Å². The number of hydrogen-bond acceptors (Lipinski definition) is 6. The zero-order valence-electron chi connectivity index (χ0n) is 20.0. The lowest BCUT2D eigenvalue weighted by molar-refractivity contribution is -0.199. The quantitative estimate of drug-likeness (QED) is 0.473. The summed E-state index contributed by atoms with van der Waals surface area (Å²) in [7, 11) is -5.26. The summed E-state index contributed by atoms with van der Waals surface area (Å²) in [5.41, 5.74) is -9.69. The van der Waals surface area contributed by atoms with Crippen LogP contribution in [0.2, 0.25) is 0 Å². The van der Waals surface area contributed by atoms with Gasteiger partial charge in [-0.1, -0.05) is 6.07 Å². The van der Waals surface area contributed by atoms with Crippen molar-refractivity contribution in [2.45, 2.75) is 66.4 Å². The van der Waals surface area contributed by atoms with Gasteiger partial charge in [-0.3, -0.25) is 4.79 Å². The SMILES string of the molecule is CC1=CC(c2ccc(S(=O)(=O)[C@@H]3C[C@@H](C(=O)O)N(C(=O)C4(C(F)(F)F)CC4)C3)c(C(F)(F)F)c2)(C(F)(F)F)N=N1. The molecule has 1 amide bonds. The summed E-state index contributed by atoms with van der Waals surface area (Å²) in [5.74, 6) is -3.59. The van der Waals surface area contributed by atoms with Gasteiger partial charge in [-0.25, -0.2) is 13.2 Å². The minimum atomic E-state index is -5.55. The number of azo groups is 1. The number of likely N-dealkylation sites (tertiary alicyclic amines) is 1. The van der Waals surface area contributed by atoms with Crippen LogP contribution in [0.1, 0.15) is 37.3 Å². The number of halogens is 9. The van der Waals surface area contributed by atoms with Gasteiger partial charge >= 0.3 is 24.5 Å². The summed E-state index contributed by atoms with van der Waals surface area (Å²) >= 11 is 0. The van der Waals surface area contributed by atoms with Gasteiger partial charge in [0.15, 0.2) is 9.84 Å². The Balaban J connectivity index is 1.78. The molecule has 40 heavy (non-hydrogen) atoms. The van der Waals surface area contributed by atoms with Gasteiger partial charge in [-0.05, 0) is 50.0 Å². The predicted octanol–water partition coefficient (Wildman–Crippen LogP) is 5.00. The Kier molecular flexibility index (Phi) is 6.64. The summed E-state index contributed by atoms with van der Waals surface area (Å²) < 4.78 is 151. The number of carboxylic acids is 1. The second-order valence-electron chi connectivity index (χ2n) is 9.75. The van der Waals surface area contributed by atoms with Crippen molar-refractivity contribution in [3.63, 3.8) is 0 Å². The molecule has 2 fully saturated rings. The number of allylic oxidation sites excluding steroid dienone is 1. The molecule has 1 N–H and O–H groups in total. The van der Waals surface area contributed by atoms with Gasteiger partial charge in [0.05, 0.1) is 21.4 Å². The smallest absolute Gasteiger partial charge is 0.423 e. The van der Waals surface area contributed by atoms with Gasteiger partial charge in [0.2, 0.25) is 11.4 Å². The van der Waals surface area contributed by atoms with Crippen LogP contribution < -0.4 is 0 Å². The summed E-state index contributed by atoms with van der Waals surface area (Å²) in [6.45, 7) is -0.0608. The Morgan fingerprint density at radius 2 is 1.62 bits per heavy atom. The maximum atomic E-state index is 14.0. The highest BCUT2D eigenvalue weighted by Crippen LogP contribution is 2.59. The molecule has 0 spiro atoms. The zero-order valence-corrected chi connectivity index (χ0v) is 20.8. The van der Waals surface area contributed by atoms with Crippen LogP contribution in [0.4, 0.5) is 39.5 Å². The molecule has 0 aromatic heterocycles. The number of sulfone groups is 1. The Labute approximate surface area is 219 Å². The first-order valence-corrected chi connectivity index (χ1v) is 12.9. The minimum Gasteiger partial charge on any atom is -0.480 e. The maximum absolute atomic E-state index is 14.0. The number of carbonyl (C=O) groups excluding carboxylic acids is 1. The zero-order chi connectivity index (χ0) is 30.3. The number of carbonyl (C=O) groups is 2. The summed E-state index contributed by atoms with van der Waals surface area (Å²) in [5, 5.41) is 13.7. The van der Waals surface area contributed by atoms with E-state index in [2.05, 4.69) is 10.2 Å². The topological polar surface area (TPSA) is 116 Å². The van der Waals surface area contributed by atoms with Crippen LogP contribution in [-0.2, 0) is 31.1 Å². The summed E-state index contributed by atoms with van der Waals surface area (Å²) in [6, 6.07) is -1.47. The molecule has 0 radical (unpaired) electrons. The van der Waals surface area contributed by atoms with Crippen molar-refractivity contribution in [2.75, 3.05) is 6.54 Å². The van der Waals surface area contributed by atoms with Crippen LogP contribution >= 0.6 is 0 Å². The maximum Gasteiger partial charge on any atom is 0.423 e. The predicted molar refractivity (Wildman–Crippen MR) is 114 cm³/mol. The van der Waals surface area contributed by atoms with E-state index in [1.165, 1.54) is 0 Å². The fourth-order valence-corrected chi connectivity index (χ4v) is 6.77. The molecular weight excluding hydrogens is 589 g/mol. The van der Waals surface area contributed by atoms with Gasteiger partial charge in [0, 0.05) is 6.54 Å². The molecule has 1 saturated heterocycles. The van der Waals surface area contributed by atoms with Crippen molar-refractivity contribution in [1.82, 2.24) is 4.90 Å². The van der Waals surface area contributed by atoms with Crippen LogP contribution in [0.15, 0.2) is 45.1 Å². The van der Waals surface area contributed by atoms with Crippen LogP contribution in [0.25, 0.3) is 0 Å². The third kappa shape index (κ3) is 4.52. The molecule has 1 aliphatic carbocycles. The van der Waals surface area contributed by atoms with Gasteiger partial charge in [-0.15, -0.1) is 0 Å². The molecule has 220 valence electrons. The highest BCUT2D eigenvalue weighted by molar-refractivity contribution is 7.92. The van der Waals surface area contributed by atoms with Gasteiger partial charge in [-0.2, -0.15) is 49.7 Å². The molecule has 8 nitrogen and oxygen atoms in total. The Morgan fingerprint density at radius 1 is 1.02 bits per heavy atom. The number of benzene rings is 1. The molecule has 18 heteroatoms. The highest BCUT2D eigenvalue weighted by atomic mass is 32.2. The minimum absolute atomic E-state index is 0.0656. The Hall–Kier alpha value is -3.18. The van der Waals surface area contributed by atoms with Crippen molar-refractivity contribution in [2.24, 2.45) is 15.6 Å². The van der Waals surface area contributed by atoms with Gasteiger partial charge in [0.1, 0.15) is 11.5 Å². The molecule has 1 saturated carbocycles. The summed E-state index contributed by atoms with van der Waals surface area (Å²) in [4.78, 5) is 23.1. The third-order valence-corrected chi connectivity index (χ3v) is 9.38. The molecule has 1 aromatic carbocycles. The highest BCUT2D eigenvalue weighted by Gasteiger charge is 2.70. The van der Waals surface area contributed by atoms with E-state index in [4.69, 9.17) is 0 Å². The first-order valence-electron chi connectivity index (χ1n) is 11.3. The normalized spacial score (nSPS) is 26.6. The van der Waals surface area contributed by atoms with Gasteiger partial charge in [0.25, 0.3) is 0 Å². The molecule has 4 rings (SSSR count). The number of alkyl halides is 9. The number of rotatable bonds is 5. The van der Waals surface area contributed by atoms with E-state index in [0.29, 0.717) is 12.1 Å². The lowest BCUT2D eigenvalue weighted by atomic mass is 9.88. The largest absolute Gasteiger partial charge is 0.480 e. The molecular formula is C22H18F9N3O5S. The molecule has 0 bridgehead atoms. The Morgan fingerprint density at radius 3 is 2.05 bits per heavy atom. The van der Waals surface area contributed by atoms with Crippen molar-refractivity contribution in [3.05, 3.63) is 41.1 Å². The van der Waals surface area contributed by atoms with E-state index >= 15 is 0 Å². The number of amides is 1. The number of hydrogen-bond donors (Lipinski definition) is 1. The van der Waals surface area contributed by atoms with Crippen molar-refractivity contribution >= 4 is 21.7 Å². The van der Waals surface area contributed by atoms with E-state index < -0.39 is 104 Å². The number of nitrogens with zero attached hydrogens (tertiary/aromatic N) is 3. The van der Waals surface area contributed by atoms with E-state index in [-0.39, 0.29) is 22.7 Å². The van der Waals surface area contributed by atoms with Gasteiger partial charge < -0.3 is 10.0 Å².